The molecular weight excluding hydrogens is 196 g/mol. The minimum Gasteiger partial charge on any atom is -0.480 e. The lowest BCUT2D eigenvalue weighted by Crippen LogP contribution is -2.38. The van der Waals surface area contributed by atoms with Gasteiger partial charge in [-0.3, -0.25) is 4.79 Å². The normalized spacial score (nSPS) is 10.9. The molecule has 0 saturated carbocycles. The summed E-state index contributed by atoms with van der Waals surface area (Å²) in [4.78, 5) is 12.4. The lowest BCUT2D eigenvalue weighted by molar-refractivity contribution is -0.135. The van der Waals surface area contributed by atoms with Crippen molar-refractivity contribution in [3.8, 4) is 0 Å². The summed E-state index contributed by atoms with van der Waals surface area (Å²) in [6, 6.07) is 0. The van der Waals surface area contributed by atoms with Crippen LogP contribution >= 0.6 is 0 Å². The van der Waals surface area contributed by atoms with Crippen LogP contribution in [0.15, 0.2) is 0 Å². The van der Waals surface area contributed by atoms with E-state index >= 15 is 0 Å². The van der Waals surface area contributed by atoms with Crippen molar-refractivity contribution < 1.29 is 9.90 Å². The summed E-state index contributed by atoms with van der Waals surface area (Å²) >= 11 is 0. The first kappa shape index (κ1) is 14.3. The molecule has 0 saturated heterocycles. The zero-order valence-electron chi connectivity index (χ0n) is 9.11. The summed E-state index contributed by atoms with van der Waals surface area (Å²) in [5.41, 5.74) is 10.9. The van der Waals surface area contributed by atoms with Crippen molar-refractivity contribution in [1.29, 1.82) is 0 Å². The Kier molecular flexibility index (Phi) is 9.40. The summed E-state index contributed by atoms with van der Waals surface area (Å²) in [5.74, 6) is -0.831. The summed E-state index contributed by atoms with van der Waals surface area (Å²) < 4.78 is 0. The molecule has 0 aliphatic heterocycles. The van der Waals surface area contributed by atoms with Gasteiger partial charge in [-0.05, 0) is 19.5 Å². The van der Waals surface area contributed by atoms with Gasteiger partial charge in [-0.15, -0.1) is 0 Å². The zero-order chi connectivity index (χ0) is 11.5. The molecule has 0 radical (unpaired) electrons. The standard InChI is InChI=1S/C9H22N4O2/c10-2-1-5-13(6-3-11)7-4-12-8-9(14)15/h12H,1-8,10-11H2,(H,14,15). The average molecular weight is 218 g/mol. The molecule has 0 heterocycles. The Morgan fingerprint density at radius 2 is 1.93 bits per heavy atom. The van der Waals surface area contributed by atoms with E-state index in [2.05, 4.69) is 10.2 Å². The van der Waals surface area contributed by atoms with E-state index in [0.29, 0.717) is 19.6 Å². The summed E-state index contributed by atoms with van der Waals surface area (Å²) in [7, 11) is 0. The number of nitrogens with zero attached hydrogens (tertiary/aromatic N) is 1. The quantitative estimate of drug-likeness (QED) is 0.325. The van der Waals surface area contributed by atoms with Gasteiger partial charge in [0.15, 0.2) is 0 Å². The van der Waals surface area contributed by atoms with Crippen LogP contribution in [0.25, 0.3) is 0 Å². The fourth-order valence-electron chi connectivity index (χ4n) is 1.27. The van der Waals surface area contributed by atoms with Crippen LogP contribution in [0.2, 0.25) is 0 Å². The van der Waals surface area contributed by atoms with Gasteiger partial charge in [-0.25, -0.2) is 0 Å². The molecule has 15 heavy (non-hydrogen) atoms. The molecule has 0 aromatic carbocycles. The smallest absolute Gasteiger partial charge is 0.317 e. The average Bonchev–Trinajstić information content (AvgIpc) is 2.20. The third-order valence-electron chi connectivity index (χ3n) is 2.00. The van der Waals surface area contributed by atoms with Gasteiger partial charge in [0.25, 0.3) is 0 Å². The number of carboxylic acid groups (broad SMARTS) is 1. The number of nitrogens with one attached hydrogen (secondary N) is 1. The molecule has 0 aliphatic carbocycles. The Bertz CT molecular complexity index is 166. The Morgan fingerprint density at radius 1 is 1.20 bits per heavy atom. The molecule has 0 aromatic rings. The molecule has 0 bridgehead atoms. The van der Waals surface area contributed by atoms with E-state index in [1.807, 2.05) is 0 Å². The molecule has 0 rings (SSSR count). The molecular formula is C9H22N4O2. The molecule has 0 aliphatic rings. The second-order valence-corrected chi connectivity index (χ2v) is 3.34. The highest BCUT2D eigenvalue weighted by molar-refractivity contribution is 5.68. The minimum atomic E-state index is -0.831. The van der Waals surface area contributed by atoms with Crippen LogP contribution in [0.1, 0.15) is 6.42 Å². The highest BCUT2D eigenvalue weighted by Crippen LogP contribution is 1.88. The maximum absolute atomic E-state index is 10.2. The Labute approximate surface area is 90.6 Å². The maximum Gasteiger partial charge on any atom is 0.317 e. The third kappa shape index (κ3) is 9.61. The first-order chi connectivity index (χ1) is 7.20. The second-order valence-electron chi connectivity index (χ2n) is 3.34. The van der Waals surface area contributed by atoms with Crippen LogP contribution < -0.4 is 16.8 Å². The number of hydrogen-bond donors (Lipinski definition) is 4. The van der Waals surface area contributed by atoms with Crippen LogP contribution in [0, 0.1) is 0 Å². The molecule has 6 nitrogen and oxygen atoms in total. The van der Waals surface area contributed by atoms with Crippen molar-refractivity contribution in [1.82, 2.24) is 10.2 Å². The van der Waals surface area contributed by atoms with E-state index in [-0.39, 0.29) is 6.54 Å². The van der Waals surface area contributed by atoms with Crippen LogP contribution in [0.5, 0.6) is 0 Å². The molecule has 0 amide bonds. The van der Waals surface area contributed by atoms with E-state index in [4.69, 9.17) is 16.6 Å². The molecule has 0 aromatic heterocycles. The van der Waals surface area contributed by atoms with Gasteiger partial charge < -0.3 is 26.8 Å². The fraction of sp³-hybridized carbons (Fsp3) is 0.889. The SMILES string of the molecule is NCCCN(CCN)CCNCC(=O)O. The topological polar surface area (TPSA) is 105 Å². The fourth-order valence-corrected chi connectivity index (χ4v) is 1.27. The molecule has 0 unspecified atom stereocenters. The number of aliphatic carboxylic acids is 1. The molecule has 0 atom stereocenters. The highest BCUT2D eigenvalue weighted by atomic mass is 16.4. The van der Waals surface area contributed by atoms with Crippen molar-refractivity contribution >= 4 is 5.97 Å². The second kappa shape index (κ2) is 9.85. The number of nitrogens with two attached hydrogens (primary N) is 2. The van der Waals surface area contributed by atoms with Gasteiger partial charge in [0.2, 0.25) is 0 Å². The van der Waals surface area contributed by atoms with Crippen LogP contribution in [-0.2, 0) is 4.79 Å². The van der Waals surface area contributed by atoms with Gasteiger partial charge in [0.1, 0.15) is 0 Å². The zero-order valence-corrected chi connectivity index (χ0v) is 9.11. The monoisotopic (exact) mass is 218 g/mol. The largest absolute Gasteiger partial charge is 0.480 e. The lowest BCUT2D eigenvalue weighted by Gasteiger charge is -2.21. The number of hydrogen-bond acceptors (Lipinski definition) is 5. The lowest BCUT2D eigenvalue weighted by atomic mass is 10.3. The highest BCUT2D eigenvalue weighted by Gasteiger charge is 2.03. The van der Waals surface area contributed by atoms with Crippen molar-refractivity contribution in [2.24, 2.45) is 11.5 Å². The Hall–Kier alpha value is -0.690. The van der Waals surface area contributed by atoms with Crippen LogP contribution in [0.4, 0.5) is 0 Å². The van der Waals surface area contributed by atoms with Crippen molar-refractivity contribution in [2.45, 2.75) is 6.42 Å². The van der Waals surface area contributed by atoms with E-state index in [9.17, 15) is 4.79 Å². The predicted octanol–water partition coefficient (Wildman–Crippen LogP) is -1.73. The van der Waals surface area contributed by atoms with Crippen molar-refractivity contribution in [2.75, 3.05) is 45.8 Å². The predicted molar refractivity (Wildman–Crippen MR) is 59.7 cm³/mol. The first-order valence-electron chi connectivity index (χ1n) is 5.25. The van der Waals surface area contributed by atoms with E-state index in [0.717, 1.165) is 26.1 Å². The van der Waals surface area contributed by atoms with Crippen LogP contribution in [0.3, 0.4) is 0 Å². The molecule has 6 heteroatoms. The van der Waals surface area contributed by atoms with Crippen LogP contribution in [-0.4, -0.2) is 61.8 Å². The maximum atomic E-state index is 10.2. The van der Waals surface area contributed by atoms with Crippen molar-refractivity contribution in [3.05, 3.63) is 0 Å². The molecule has 6 N–H and O–H groups in total. The molecule has 0 spiro atoms. The van der Waals surface area contributed by atoms with E-state index < -0.39 is 5.97 Å². The Morgan fingerprint density at radius 3 is 2.47 bits per heavy atom. The minimum absolute atomic E-state index is 0.00730. The first-order valence-corrected chi connectivity index (χ1v) is 5.25. The van der Waals surface area contributed by atoms with Gasteiger partial charge in [-0.2, -0.15) is 0 Å². The molecule has 90 valence electrons. The number of rotatable bonds is 10. The number of carboxylic acids is 1. The summed E-state index contributed by atoms with van der Waals surface area (Å²) in [6.45, 7) is 4.51. The third-order valence-corrected chi connectivity index (χ3v) is 2.00. The van der Waals surface area contributed by atoms with E-state index in [1.165, 1.54) is 0 Å². The number of carbonyl (C=O) groups is 1. The van der Waals surface area contributed by atoms with Gasteiger partial charge in [-0.1, -0.05) is 0 Å². The molecule has 0 fully saturated rings. The van der Waals surface area contributed by atoms with Gasteiger partial charge in [0, 0.05) is 26.2 Å². The summed E-state index contributed by atoms with van der Waals surface area (Å²) in [5, 5.41) is 11.2. The summed E-state index contributed by atoms with van der Waals surface area (Å²) in [6.07, 6.45) is 0.943. The Balaban J connectivity index is 3.51. The van der Waals surface area contributed by atoms with Gasteiger partial charge >= 0.3 is 5.97 Å². The van der Waals surface area contributed by atoms with E-state index in [1.54, 1.807) is 0 Å². The van der Waals surface area contributed by atoms with Gasteiger partial charge in [0.05, 0.1) is 6.54 Å². The van der Waals surface area contributed by atoms with Crippen molar-refractivity contribution in [3.63, 3.8) is 0 Å².